The number of epoxide rings is 1. The van der Waals surface area contributed by atoms with Crippen molar-refractivity contribution in [3.05, 3.63) is 34.6 Å². The minimum Gasteiger partial charge on any atom is -0.368 e. The molecule has 1 aromatic carbocycles. The van der Waals surface area contributed by atoms with Crippen molar-refractivity contribution in [3.63, 3.8) is 0 Å². The van der Waals surface area contributed by atoms with Gasteiger partial charge in [-0.3, -0.25) is 0 Å². The predicted octanol–water partition coefficient (Wildman–Crippen LogP) is 2.08. The van der Waals surface area contributed by atoms with E-state index in [2.05, 4.69) is 0 Å². The van der Waals surface area contributed by atoms with Crippen LogP contribution in [-0.2, 0) is 4.74 Å². The first-order valence-corrected chi connectivity index (χ1v) is 4.04. The van der Waals surface area contributed by atoms with Crippen molar-refractivity contribution in [1.29, 1.82) is 5.26 Å². The molecule has 1 fully saturated rings. The highest BCUT2D eigenvalue weighted by atomic mass is 19.1. The Bertz CT molecular complexity index is 391. The van der Waals surface area contributed by atoms with Crippen molar-refractivity contribution >= 4 is 0 Å². The molecule has 1 aliphatic heterocycles. The molecule has 0 aliphatic carbocycles. The third-order valence-electron chi connectivity index (χ3n) is 2.23. The van der Waals surface area contributed by atoms with E-state index in [1.807, 2.05) is 0 Å². The van der Waals surface area contributed by atoms with Gasteiger partial charge in [0.25, 0.3) is 0 Å². The minimum atomic E-state index is -0.421. The van der Waals surface area contributed by atoms with E-state index in [1.165, 1.54) is 6.07 Å². The second kappa shape index (κ2) is 2.82. The third-order valence-corrected chi connectivity index (χ3v) is 2.23. The molecular formula is C10H8FNO. The average Bonchev–Trinajstić information content (AvgIpc) is 2.93. The molecule has 0 N–H and O–H groups in total. The van der Waals surface area contributed by atoms with Crippen LogP contribution in [0.15, 0.2) is 12.1 Å². The number of rotatable bonds is 1. The first-order chi connectivity index (χ1) is 6.24. The quantitative estimate of drug-likeness (QED) is 0.616. The van der Waals surface area contributed by atoms with Crippen LogP contribution in [0.25, 0.3) is 0 Å². The fourth-order valence-electron chi connectivity index (χ4n) is 1.36. The third kappa shape index (κ3) is 1.30. The van der Waals surface area contributed by atoms with E-state index in [0.29, 0.717) is 12.2 Å². The number of hydrogen-bond acceptors (Lipinski definition) is 2. The van der Waals surface area contributed by atoms with E-state index in [9.17, 15) is 4.39 Å². The lowest BCUT2D eigenvalue weighted by Crippen LogP contribution is -1.94. The standard InChI is InChI=1S/C10H8FNO/c1-6-8(9-5-13-9)3-2-7(4-12)10(6)11/h2-3,9H,5H2,1H3. The fraction of sp³-hybridized carbons (Fsp3) is 0.300. The van der Waals surface area contributed by atoms with Crippen molar-refractivity contribution in [2.45, 2.75) is 13.0 Å². The van der Waals surface area contributed by atoms with Gasteiger partial charge in [-0.1, -0.05) is 6.07 Å². The van der Waals surface area contributed by atoms with Crippen molar-refractivity contribution in [3.8, 4) is 6.07 Å². The van der Waals surface area contributed by atoms with Crippen molar-refractivity contribution in [2.24, 2.45) is 0 Å². The van der Waals surface area contributed by atoms with E-state index >= 15 is 0 Å². The highest BCUT2D eigenvalue weighted by Gasteiger charge is 2.27. The van der Waals surface area contributed by atoms with Crippen LogP contribution < -0.4 is 0 Å². The van der Waals surface area contributed by atoms with Crippen LogP contribution in [-0.4, -0.2) is 6.61 Å². The number of hydrogen-bond donors (Lipinski definition) is 0. The molecule has 1 heterocycles. The van der Waals surface area contributed by atoms with Gasteiger partial charge in [-0.05, 0) is 24.1 Å². The van der Waals surface area contributed by atoms with Gasteiger partial charge in [0, 0.05) is 0 Å². The molecule has 0 amide bonds. The summed E-state index contributed by atoms with van der Waals surface area (Å²) in [4.78, 5) is 0. The first kappa shape index (κ1) is 8.21. The first-order valence-electron chi connectivity index (χ1n) is 4.04. The summed E-state index contributed by atoms with van der Waals surface area (Å²) in [5.41, 5.74) is 1.49. The smallest absolute Gasteiger partial charge is 0.144 e. The van der Waals surface area contributed by atoms with Gasteiger partial charge in [0.2, 0.25) is 0 Å². The molecule has 0 saturated carbocycles. The summed E-state index contributed by atoms with van der Waals surface area (Å²) in [6, 6.07) is 5.06. The Labute approximate surface area is 75.6 Å². The summed E-state index contributed by atoms with van der Waals surface area (Å²) < 4.78 is 18.4. The van der Waals surface area contributed by atoms with Gasteiger partial charge in [-0.25, -0.2) is 4.39 Å². The van der Waals surface area contributed by atoms with Crippen molar-refractivity contribution < 1.29 is 9.13 Å². The maximum Gasteiger partial charge on any atom is 0.144 e. The van der Waals surface area contributed by atoms with E-state index in [0.717, 1.165) is 5.56 Å². The highest BCUT2D eigenvalue weighted by Crippen LogP contribution is 2.33. The van der Waals surface area contributed by atoms with Crippen molar-refractivity contribution in [1.82, 2.24) is 0 Å². The molecule has 2 nitrogen and oxygen atoms in total. The number of nitriles is 1. The molecule has 0 spiro atoms. The van der Waals surface area contributed by atoms with Gasteiger partial charge in [0.1, 0.15) is 18.0 Å². The van der Waals surface area contributed by atoms with Crippen LogP contribution >= 0.6 is 0 Å². The fourth-order valence-corrected chi connectivity index (χ4v) is 1.36. The molecule has 0 bridgehead atoms. The van der Waals surface area contributed by atoms with Gasteiger partial charge in [-0.2, -0.15) is 5.26 Å². The molecule has 1 saturated heterocycles. The van der Waals surface area contributed by atoms with Crippen LogP contribution in [0, 0.1) is 24.1 Å². The van der Waals surface area contributed by atoms with E-state index in [-0.39, 0.29) is 11.7 Å². The molecule has 0 radical (unpaired) electrons. The number of benzene rings is 1. The number of nitrogens with zero attached hydrogens (tertiary/aromatic N) is 1. The van der Waals surface area contributed by atoms with Crippen LogP contribution in [0.4, 0.5) is 4.39 Å². The highest BCUT2D eigenvalue weighted by molar-refractivity contribution is 5.41. The Morgan fingerprint density at radius 1 is 1.62 bits per heavy atom. The topological polar surface area (TPSA) is 36.3 Å². The Morgan fingerprint density at radius 3 is 2.85 bits per heavy atom. The Kier molecular flexibility index (Phi) is 1.78. The lowest BCUT2D eigenvalue weighted by molar-refractivity contribution is 0.413. The summed E-state index contributed by atoms with van der Waals surface area (Å²) in [6.45, 7) is 2.33. The van der Waals surface area contributed by atoms with E-state index in [1.54, 1.807) is 19.1 Å². The van der Waals surface area contributed by atoms with Crippen LogP contribution in [0.3, 0.4) is 0 Å². The van der Waals surface area contributed by atoms with E-state index < -0.39 is 5.82 Å². The van der Waals surface area contributed by atoms with Gasteiger partial charge in [0.05, 0.1) is 12.2 Å². The van der Waals surface area contributed by atoms with Crippen LogP contribution in [0.2, 0.25) is 0 Å². The lowest BCUT2D eigenvalue weighted by atomic mass is 10.0. The molecule has 1 atom stereocenters. The zero-order valence-corrected chi connectivity index (χ0v) is 7.17. The van der Waals surface area contributed by atoms with Crippen LogP contribution in [0.5, 0.6) is 0 Å². The summed E-state index contributed by atoms with van der Waals surface area (Å²) in [7, 11) is 0. The Balaban J connectivity index is 2.52. The van der Waals surface area contributed by atoms with Gasteiger partial charge in [-0.15, -0.1) is 0 Å². The maximum atomic E-state index is 13.4. The monoisotopic (exact) mass is 177 g/mol. The molecule has 0 aromatic heterocycles. The lowest BCUT2D eigenvalue weighted by Gasteiger charge is -2.03. The van der Waals surface area contributed by atoms with Crippen LogP contribution in [0.1, 0.15) is 22.8 Å². The molecule has 2 rings (SSSR count). The second-order valence-electron chi connectivity index (χ2n) is 3.08. The molecule has 66 valence electrons. The number of ether oxygens (including phenoxy) is 1. The predicted molar refractivity (Wildman–Crippen MR) is 44.5 cm³/mol. The molecule has 1 aromatic rings. The molecule has 13 heavy (non-hydrogen) atoms. The molecular weight excluding hydrogens is 169 g/mol. The largest absolute Gasteiger partial charge is 0.368 e. The average molecular weight is 177 g/mol. The summed E-state index contributed by atoms with van der Waals surface area (Å²) in [5, 5.41) is 8.57. The Hall–Kier alpha value is -1.40. The second-order valence-corrected chi connectivity index (χ2v) is 3.08. The SMILES string of the molecule is Cc1c(C2CO2)ccc(C#N)c1F. The molecule has 1 unspecified atom stereocenters. The van der Waals surface area contributed by atoms with Gasteiger partial charge >= 0.3 is 0 Å². The van der Waals surface area contributed by atoms with Crippen molar-refractivity contribution in [2.75, 3.05) is 6.61 Å². The Morgan fingerprint density at radius 2 is 2.31 bits per heavy atom. The zero-order valence-electron chi connectivity index (χ0n) is 7.17. The number of halogens is 1. The summed E-state index contributed by atoms with van der Waals surface area (Å²) in [5.74, 6) is -0.421. The summed E-state index contributed by atoms with van der Waals surface area (Å²) in [6.07, 6.45) is 0.0437. The molecule has 1 aliphatic rings. The maximum absolute atomic E-state index is 13.4. The normalized spacial score (nSPS) is 19.6. The van der Waals surface area contributed by atoms with Gasteiger partial charge in [0.15, 0.2) is 0 Å². The zero-order chi connectivity index (χ0) is 9.42. The van der Waals surface area contributed by atoms with Gasteiger partial charge < -0.3 is 4.74 Å². The minimum absolute atomic E-state index is 0.0437. The molecule has 3 heteroatoms. The summed E-state index contributed by atoms with van der Waals surface area (Å²) >= 11 is 0. The van der Waals surface area contributed by atoms with E-state index in [4.69, 9.17) is 10.00 Å².